The first-order valence-corrected chi connectivity index (χ1v) is 6.60. The molecule has 1 N–H and O–H groups in total. The zero-order valence-electron chi connectivity index (χ0n) is 9.62. The zero-order chi connectivity index (χ0) is 11.6. The fraction of sp³-hybridized carbons (Fsp3) is 0.538. The van der Waals surface area contributed by atoms with Crippen molar-refractivity contribution in [3.05, 3.63) is 34.3 Å². The molecule has 0 bridgehead atoms. The largest absolute Gasteiger partial charge is 0.387 e. The second kappa shape index (κ2) is 4.86. The maximum Gasteiger partial charge on any atom is 0.0900 e. The Hall–Kier alpha value is -0.380. The number of hydrogen-bond acceptors (Lipinski definition) is 2. The molecule has 0 spiro atoms. The van der Waals surface area contributed by atoms with Crippen molar-refractivity contribution in [3.63, 3.8) is 0 Å². The summed E-state index contributed by atoms with van der Waals surface area (Å²) in [5, 5.41) is 10.1. The minimum absolute atomic E-state index is 0.413. The summed E-state index contributed by atoms with van der Waals surface area (Å²) in [6.45, 7) is 4.70. The SMILES string of the molecule is CCCC1(O)CN(Cc2ccc(Br)cc2)C1. The fourth-order valence-electron chi connectivity index (χ4n) is 2.37. The summed E-state index contributed by atoms with van der Waals surface area (Å²) in [5.41, 5.74) is 0.895. The highest BCUT2D eigenvalue weighted by molar-refractivity contribution is 9.10. The number of rotatable bonds is 4. The standard InChI is InChI=1S/C13H18BrNO/c1-2-7-13(16)9-15(10-13)8-11-3-5-12(14)6-4-11/h3-6,16H,2,7-10H2,1H3. The molecular formula is C13H18BrNO. The average Bonchev–Trinajstić information content (AvgIpc) is 2.19. The minimum Gasteiger partial charge on any atom is -0.387 e. The van der Waals surface area contributed by atoms with Gasteiger partial charge in [-0.3, -0.25) is 4.90 Å². The smallest absolute Gasteiger partial charge is 0.0900 e. The number of aliphatic hydroxyl groups is 1. The molecule has 1 aromatic rings. The van der Waals surface area contributed by atoms with Crippen LogP contribution in [0.3, 0.4) is 0 Å². The lowest BCUT2D eigenvalue weighted by Gasteiger charge is -2.46. The van der Waals surface area contributed by atoms with Crippen molar-refractivity contribution in [3.8, 4) is 0 Å². The molecule has 0 saturated carbocycles. The summed E-state index contributed by atoms with van der Waals surface area (Å²) in [6, 6.07) is 8.38. The molecule has 3 heteroatoms. The van der Waals surface area contributed by atoms with Crippen molar-refractivity contribution in [1.29, 1.82) is 0 Å². The summed E-state index contributed by atoms with van der Waals surface area (Å²) >= 11 is 3.43. The van der Waals surface area contributed by atoms with Crippen LogP contribution in [0.15, 0.2) is 28.7 Å². The van der Waals surface area contributed by atoms with E-state index >= 15 is 0 Å². The van der Waals surface area contributed by atoms with Crippen LogP contribution >= 0.6 is 15.9 Å². The molecule has 1 aliphatic rings. The van der Waals surface area contributed by atoms with E-state index in [2.05, 4.69) is 52.0 Å². The Morgan fingerprint density at radius 1 is 1.31 bits per heavy atom. The van der Waals surface area contributed by atoms with Gasteiger partial charge in [0.05, 0.1) is 5.60 Å². The lowest BCUT2D eigenvalue weighted by Crippen LogP contribution is -2.60. The van der Waals surface area contributed by atoms with E-state index in [4.69, 9.17) is 0 Å². The third-order valence-corrected chi connectivity index (χ3v) is 3.60. The van der Waals surface area contributed by atoms with Crippen LogP contribution in [0.1, 0.15) is 25.3 Å². The van der Waals surface area contributed by atoms with Gasteiger partial charge in [-0.15, -0.1) is 0 Å². The molecule has 1 aromatic carbocycles. The van der Waals surface area contributed by atoms with Crippen molar-refractivity contribution in [1.82, 2.24) is 4.90 Å². The van der Waals surface area contributed by atoms with E-state index in [0.29, 0.717) is 0 Å². The van der Waals surface area contributed by atoms with Gasteiger partial charge in [-0.05, 0) is 24.1 Å². The van der Waals surface area contributed by atoms with Gasteiger partial charge in [-0.1, -0.05) is 41.4 Å². The average molecular weight is 284 g/mol. The highest BCUT2D eigenvalue weighted by Gasteiger charge is 2.39. The molecule has 2 rings (SSSR count). The Morgan fingerprint density at radius 3 is 2.50 bits per heavy atom. The first-order valence-electron chi connectivity index (χ1n) is 5.80. The number of benzene rings is 1. The van der Waals surface area contributed by atoms with Crippen molar-refractivity contribution in [2.45, 2.75) is 31.9 Å². The quantitative estimate of drug-likeness (QED) is 0.919. The van der Waals surface area contributed by atoms with Crippen LogP contribution in [-0.4, -0.2) is 28.7 Å². The van der Waals surface area contributed by atoms with Crippen LogP contribution in [-0.2, 0) is 6.54 Å². The summed E-state index contributed by atoms with van der Waals surface area (Å²) in [6.07, 6.45) is 1.98. The highest BCUT2D eigenvalue weighted by Crippen LogP contribution is 2.27. The molecule has 0 atom stereocenters. The second-order valence-electron chi connectivity index (χ2n) is 4.75. The van der Waals surface area contributed by atoms with E-state index in [9.17, 15) is 5.11 Å². The van der Waals surface area contributed by atoms with Crippen LogP contribution in [0.4, 0.5) is 0 Å². The molecule has 2 nitrogen and oxygen atoms in total. The summed E-state index contributed by atoms with van der Waals surface area (Å²) in [7, 11) is 0. The van der Waals surface area contributed by atoms with Crippen LogP contribution < -0.4 is 0 Å². The molecule has 1 saturated heterocycles. The number of likely N-dealkylation sites (tertiary alicyclic amines) is 1. The Bertz CT molecular complexity index is 343. The number of hydrogen-bond donors (Lipinski definition) is 1. The number of nitrogens with zero attached hydrogens (tertiary/aromatic N) is 1. The first kappa shape index (κ1) is 12.1. The molecule has 0 radical (unpaired) electrons. The summed E-state index contributed by atoms with van der Waals surface area (Å²) in [5.74, 6) is 0. The zero-order valence-corrected chi connectivity index (χ0v) is 11.2. The van der Waals surface area contributed by atoms with Gasteiger partial charge in [0.1, 0.15) is 0 Å². The van der Waals surface area contributed by atoms with Gasteiger partial charge in [0.2, 0.25) is 0 Å². The Labute approximate surface area is 105 Å². The van der Waals surface area contributed by atoms with Crippen LogP contribution in [0.25, 0.3) is 0 Å². The maximum absolute atomic E-state index is 10.1. The van der Waals surface area contributed by atoms with Crippen LogP contribution in [0, 0.1) is 0 Å². The topological polar surface area (TPSA) is 23.5 Å². The van der Waals surface area contributed by atoms with Gasteiger partial charge >= 0.3 is 0 Å². The van der Waals surface area contributed by atoms with Gasteiger partial charge in [0.15, 0.2) is 0 Å². The minimum atomic E-state index is -0.413. The van der Waals surface area contributed by atoms with Crippen molar-refractivity contribution in [2.24, 2.45) is 0 Å². The molecule has 1 fully saturated rings. The maximum atomic E-state index is 10.1. The van der Waals surface area contributed by atoms with E-state index in [-0.39, 0.29) is 0 Å². The Morgan fingerprint density at radius 2 is 1.94 bits per heavy atom. The van der Waals surface area contributed by atoms with Gasteiger partial charge < -0.3 is 5.11 Å². The monoisotopic (exact) mass is 283 g/mol. The van der Waals surface area contributed by atoms with Gasteiger partial charge in [0, 0.05) is 24.1 Å². The van der Waals surface area contributed by atoms with Crippen molar-refractivity contribution >= 4 is 15.9 Å². The third kappa shape index (κ3) is 2.84. The van der Waals surface area contributed by atoms with Gasteiger partial charge in [-0.2, -0.15) is 0 Å². The van der Waals surface area contributed by atoms with Gasteiger partial charge in [0.25, 0.3) is 0 Å². The highest BCUT2D eigenvalue weighted by atomic mass is 79.9. The van der Waals surface area contributed by atoms with Crippen molar-refractivity contribution in [2.75, 3.05) is 13.1 Å². The lowest BCUT2D eigenvalue weighted by molar-refractivity contribution is -0.106. The predicted octanol–water partition coefficient (Wildman–Crippen LogP) is 2.80. The van der Waals surface area contributed by atoms with E-state index in [1.807, 2.05) is 0 Å². The fourth-order valence-corrected chi connectivity index (χ4v) is 2.63. The molecule has 1 heterocycles. The molecule has 16 heavy (non-hydrogen) atoms. The van der Waals surface area contributed by atoms with E-state index in [1.54, 1.807) is 0 Å². The normalized spacial score (nSPS) is 19.4. The molecule has 1 aliphatic heterocycles. The van der Waals surface area contributed by atoms with E-state index in [0.717, 1.165) is 36.9 Å². The predicted molar refractivity (Wildman–Crippen MR) is 69.3 cm³/mol. The second-order valence-corrected chi connectivity index (χ2v) is 5.66. The van der Waals surface area contributed by atoms with Crippen LogP contribution in [0.2, 0.25) is 0 Å². The molecular weight excluding hydrogens is 266 g/mol. The first-order chi connectivity index (χ1) is 7.61. The molecule has 0 aliphatic carbocycles. The molecule has 0 amide bonds. The summed E-state index contributed by atoms with van der Waals surface area (Å²) < 4.78 is 1.11. The molecule has 0 aromatic heterocycles. The van der Waals surface area contributed by atoms with Crippen molar-refractivity contribution < 1.29 is 5.11 Å². The van der Waals surface area contributed by atoms with E-state index in [1.165, 1.54) is 5.56 Å². The molecule has 88 valence electrons. The molecule has 0 unspecified atom stereocenters. The number of halogens is 1. The van der Waals surface area contributed by atoms with Crippen LogP contribution in [0.5, 0.6) is 0 Å². The summed E-state index contributed by atoms with van der Waals surface area (Å²) in [4.78, 5) is 2.29. The third-order valence-electron chi connectivity index (χ3n) is 3.07. The number of β-amino-alcohol motifs (C(OH)–C–C–N with tert-alkyl or cyclic N) is 1. The van der Waals surface area contributed by atoms with Gasteiger partial charge in [-0.25, -0.2) is 0 Å². The lowest BCUT2D eigenvalue weighted by atomic mass is 9.89. The van der Waals surface area contributed by atoms with E-state index < -0.39 is 5.60 Å². The Kier molecular flexibility index (Phi) is 3.67. The Balaban J connectivity index is 1.83.